The van der Waals surface area contributed by atoms with Crippen molar-refractivity contribution in [3.8, 4) is 11.5 Å². The molecule has 3 aromatic rings. The number of aryl methyl sites for hydroxylation is 3. The van der Waals surface area contributed by atoms with E-state index in [0.717, 1.165) is 29.2 Å². The monoisotopic (exact) mass is 281 g/mol. The zero-order chi connectivity index (χ0) is 14.8. The van der Waals surface area contributed by atoms with Crippen LogP contribution in [-0.4, -0.2) is 14.5 Å². The average molecular weight is 281 g/mol. The van der Waals surface area contributed by atoms with Crippen molar-refractivity contribution >= 4 is 0 Å². The topological polar surface area (TPSA) is 43.9 Å². The maximum absolute atomic E-state index is 5.64. The quantitative estimate of drug-likeness (QED) is 0.731. The second-order valence-electron chi connectivity index (χ2n) is 5.24. The molecule has 4 nitrogen and oxygen atoms in total. The predicted molar refractivity (Wildman–Crippen MR) is 82.1 cm³/mol. The molecule has 0 spiro atoms. The maximum Gasteiger partial charge on any atom is 0.226 e. The van der Waals surface area contributed by atoms with Crippen LogP contribution in [0.15, 0.2) is 41.1 Å². The highest BCUT2D eigenvalue weighted by molar-refractivity contribution is 5.58. The van der Waals surface area contributed by atoms with Crippen molar-refractivity contribution in [1.82, 2.24) is 14.5 Å². The molecule has 0 saturated carbocycles. The molecule has 4 heteroatoms. The molecule has 0 bridgehead atoms. The lowest BCUT2D eigenvalue weighted by Gasteiger charge is -2.02. The SMILES string of the molecule is CCc1nc(C)cn1Cc1coc(-c2ccccc2C)n1. The highest BCUT2D eigenvalue weighted by Gasteiger charge is 2.11. The molecular formula is C17H19N3O. The van der Waals surface area contributed by atoms with Crippen LogP contribution in [0.5, 0.6) is 0 Å². The fraction of sp³-hybridized carbons (Fsp3) is 0.294. The van der Waals surface area contributed by atoms with Crippen molar-refractivity contribution in [2.24, 2.45) is 0 Å². The van der Waals surface area contributed by atoms with E-state index in [4.69, 9.17) is 4.42 Å². The first-order valence-electron chi connectivity index (χ1n) is 7.20. The van der Waals surface area contributed by atoms with Crippen molar-refractivity contribution in [3.05, 3.63) is 59.5 Å². The molecule has 0 fully saturated rings. The number of oxazole rings is 1. The summed E-state index contributed by atoms with van der Waals surface area (Å²) in [5.74, 6) is 1.76. The van der Waals surface area contributed by atoms with Gasteiger partial charge in [-0.1, -0.05) is 25.1 Å². The summed E-state index contributed by atoms with van der Waals surface area (Å²) in [4.78, 5) is 9.11. The number of benzene rings is 1. The Morgan fingerprint density at radius 2 is 1.95 bits per heavy atom. The third kappa shape index (κ3) is 2.75. The molecule has 0 unspecified atom stereocenters. The molecule has 2 aromatic heterocycles. The van der Waals surface area contributed by atoms with Gasteiger partial charge in [-0.2, -0.15) is 0 Å². The van der Waals surface area contributed by atoms with Crippen LogP contribution in [0.25, 0.3) is 11.5 Å². The minimum absolute atomic E-state index is 0.679. The second-order valence-corrected chi connectivity index (χ2v) is 5.24. The summed E-state index contributed by atoms with van der Waals surface area (Å²) >= 11 is 0. The van der Waals surface area contributed by atoms with E-state index >= 15 is 0 Å². The van der Waals surface area contributed by atoms with Crippen LogP contribution in [0.4, 0.5) is 0 Å². The lowest BCUT2D eigenvalue weighted by Crippen LogP contribution is -2.03. The third-order valence-electron chi connectivity index (χ3n) is 3.56. The highest BCUT2D eigenvalue weighted by atomic mass is 16.3. The van der Waals surface area contributed by atoms with Gasteiger partial charge in [0.1, 0.15) is 12.1 Å². The number of hydrogen-bond acceptors (Lipinski definition) is 3. The standard InChI is InChI=1S/C17H19N3O/c1-4-16-18-13(3)9-20(16)10-14-11-21-17(19-14)15-8-6-5-7-12(15)2/h5-9,11H,4,10H2,1-3H3. The Balaban J connectivity index is 1.87. The van der Waals surface area contributed by atoms with Gasteiger partial charge in [0, 0.05) is 18.2 Å². The maximum atomic E-state index is 5.64. The first kappa shape index (κ1) is 13.6. The van der Waals surface area contributed by atoms with Crippen molar-refractivity contribution in [2.45, 2.75) is 33.7 Å². The van der Waals surface area contributed by atoms with Gasteiger partial charge in [-0.3, -0.25) is 0 Å². The fourth-order valence-corrected chi connectivity index (χ4v) is 2.51. The molecule has 0 saturated heterocycles. The number of aromatic nitrogens is 3. The first-order chi connectivity index (χ1) is 10.2. The van der Waals surface area contributed by atoms with Crippen LogP contribution in [0.2, 0.25) is 0 Å². The Morgan fingerprint density at radius 3 is 2.71 bits per heavy atom. The van der Waals surface area contributed by atoms with E-state index < -0.39 is 0 Å². The number of hydrogen-bond donors (Lipinski definition) is 0. The van der Waals surface area contributed by atoms with Gasteiger partial charge in [-0.25, -0.2) is 9.97 Å². The van der Waals surface area contributed by atoms with Crippen molar-refractivity contribution < 1.29 is 4.42 Å². The molecule has 21 heavy (non-hydrogen) atoms. The summed E-state index contributed by atoms with van der Waals surface area (Å²) in [5, 5.41) is 0. The Hall–Kier alpha value is -2.36. The largest absolute Gasteiger partial charge is 0.444 e. The molecule has 1 aromatic carbocycles. The van der Waals surface area contributed by atoms with E-state index in [0.29, 0.717) is 12.4 Å². The van der Waals surface area contributed by atoms with Gasteiger partial charge >= 0.3 is 0 Å². The summed E-state index contributed by atoms with van der Waals surface area (Å²) in [5.41, 5.74) is 4.16. The number of nitrogens with zero attached hydrogens (tertiary/aromatic N) is 3. The molecule has 0 amide bonds. The molecule has 0 radical (unpaired) electrons. The Kier molecular flexibility index (Phi) is 3.60. The van der Waals surface area contributed by atoms with Crippen molar-refractivity contribution in [2.75, 3.05) is 0 Å². The van der Waals surface area contributed by atoms with Crippen LogP contribution in [-0.2, 0) is 13.0 Å². The summed E-state index contributed by atoms with van der Waals surface area (Å²) in [6.07, 6.45) is 4.70. The second kappa shape index (κ2) is 5.56. The molecule has 0 aliphatic carbocycles. The highest BCUT2D eigenvalue weighted by Crippen LogP contribution is 2.22. The van der Waals surface area contributed by atoms with E-state index in [-0.39, 0.29) is 0 Å². The molecule has 0 N–H and O–H groups in total. The van der Waals surface area contributed by atoms with Crippen molar-refractivity contribution in [3.63, 3.8) is 0 Å². The molecule has 0 aliphatic rings. The minimum atomic E-state index is 0.679. The van der Waals surface area contributed by atoms with Crippen molar-refractivity contribution in [1.29, 1.82) is 0 Å². The molecule has 0 atom stereocenters. The van der Waals surface area contributed by atoms with Gasteiger partial charge < -0.3 is 8.98 Å². The minimum Gasteiger partial charge on any atom is -0.444 e. The lowest BCUT2D eigenvalue weighted by atomic mass is 10.1. The van der Waals surface area contributed by atoms with Gasteiger partial charge in [0.25, 0.3) is 0 Å². The van der Waals surface area contributed by atoms with Gasteiger partial charge in [-0.05, 0) is 25.5 Å². The van der Waals surface area contributed by atoms with Crippen LogP contribution >= 0.6 is 0 Å². The van der Waals surface area contributed by atoms with E-state index in [1.807, 2.05) is 25.1 Å². The van der Waals surface area contributed by atoms with Gasteiger partial charge in [-0.15, -0.1) is 0 Å². The third-order valence-corrected chi connectivity index (χ3v) is 3.56. The number of rotatable bonds is 4. The Bertz CT molecular complexity index is 755. The van der Waals surface area contributed by atoms with E-state index in [9.17, 15) is 0 Å². The zero-order valence-corrected chi connectivity index (χ0v) is 12.6. The molecule has 2 heterocycles. The molecular weight excluding hydrogens is 262 g/mol. The van der Waals surface area contributed by atoms with Crippen LogP contribution in [0.1, 0.15) is 29.7 Å². The molecule has 108 valence electrons. The summed E-state index contributed by atoms with van der Waals surface area (Å²) in [6, 6.07) is 8.11. The smallest absolute Gasteiger partial charge is 0.226 e. The van der Waals surface area contributed by atoms with Crippen LogP contribution in [0.3, 0.4) is 0 Å². The zero-order valence-electron chi connectivity index (χ0n) is 12.6. The number of imidazole rings is 1. The predicted octanol–water partition coefficient (Wildman–Crippen LogP) is 3.77. The van der Waals surface area contributed by atoms with E-state index in [1.165, 1.54) is 5.56 Å². The average Bonchev–Trinajstić information content (AvgIpc) is 3.06. The van der Waals surface area contributed by atoms with E-state index in [1.54, 1.807) is 6.26 Å². The summed E-state index contributed by atoms with van der Waals surface area (Å²) in [6.45, 7) is 6.88. The molecule has 0 aliphatic heterocycles. The van der Waals surface area contributed by atoms with Crippen LogP contribution < -0.4 is 0 Å². The van der Waals surface area contributed by atoms with Gasteiger partial charge in [0.2, 0.25) is 5.89 Å². The van der Waals surface area contributed by atoms with Gasteiger partial charge in [0.05, 0.1) is 17.9 Å². The molecule has 3 rings (SSSR count). The van der Waals surface area contributed by atoms with Crippen LogP contribution in [0, 0.1) is 13.8 Å². The lowest BCUT2D eigenvalue weighted by molar-refractivity contribution is 0.570. The van der Waals surface area contributed by atoms with Gasteiger partial charge in [0.15, 0.2) is 0 Å². The van der Waals surface area contributed by atoms with E-state index in [2.05, 4.69) is 40.6 Å². The Labute approximate surface area is 124 Å². The summed E-state index contributed by atoms with van der Waals surface area (Å²) < 4.78 is 7.77. The Morgan fingerprint density at radius 1 is 1.14 bits per heavy atom. The normalized spacial score (nSPS) is 11.0. The fourth-order valence-electron chi connectivity index (χ4n) is 2.51. The summed E-state index contributed by atoms with van der Waals surface area (Å²) in [7, 11) is 0. The first-order valence-corrected chi connectivity index (χ1v) is 7.20.